The Morgan fingerprint density at radius 3 is 2.68 bits per heavy atom. The van der Waals surface area contributed by atoms with E-state index in [-0.39, 0.29) is 23.2 Å². The first-order valence-electron chi connectivity index (χ1n) is 6.52. The highest BCUT2D eigenvalue weighted by Crippen LogP contribution is 2.17. The lowest BCUT2D eigenvalue weighted by Gasteiger charge is -2.34. The van der Waals surface area contributed by atoms with Crippen LogP contribution in [-0.2, 0) is 11.3 Å². The van der Waals surface area contributed by atoms with Gasteiger partial charge in [-0.2, -0.15) is 0 Å². The minimum absolute atomic E-state index is 0.0795. The maximum atomic E-state index is 12.2. The number of nitrogens with zero attached hydrogens (tertiary/aromatic N) is 2. The maximum Gasteiger partial charge on any atom is 0.308 e. The fraction of sp³-hybridized carbons (Fsp3) is 0.692. The molecule has 0 aliphatic carbocycles. The molecule has 0 radical (unpaired) electrons. The number of hydrogen-bond acceptors (Lipinski definition) is 4. The monoisotopic (exact) mass is 284 g/mol. The molecule has 19 heavy (non-hydrogen) atoms. The molecule has 1 amide bonds. The summed E-state index contributed by atoms with van der Waals surface area (Å²) in [5.41, 5.74) is 0.856. The highest BCUT2D eigenvalue weighted by Gasteiger charge is 2.27. The SMILES string of the molecule is Cc1sc(=O)n(CC(=O)N2CCC(C)C(O)C2)c1C. The summed E-state index contributed by atoms with van der Waals surface area (Å²) in [6, 6.07) is 0. The first-order chi connectivity index (χ1) is 8.90. The number of aliphatic hydroxyl groups excluding tert-OH is 1. The Kier molecular flexibility index (Phi) is 4.10. The van der Waals surface area contributed by atoms with Crippen LogP contribution >= 0.6 is 11.3 Å². The van der Waals surface area contributed by atoms with Crippen molar-refractivity contribution in [2.75, 3.05) is 13.1 Å². The Labute approximate surface area is 116 Å². The highest BCUT2D eigenvalue weighted by molar-refractivity contribution is 7.09. The Morgan fingerprint density at radius 1 is 1.47 bits per heavy atom. The van der Waals surface area contributed by atoms with Gasteiger partial charge < -0.3 is 10.0 Å². The molecular weight excluding hydrogens is 264 g/mol. The van der Waals surface area contributed by atoms with Gasteiger partial charge in [0.05, 0.1) is 6.10 Å². The molecule has 1 fully saturated rings. The minimum atomic E-state index is -0.459. The molecule has 1 aliphatic rings. The van der Waals surface area contributed by atoms with Crippen LogP contribution in [0.1, 0.15) is 23.9 Å². The molecule has 2 rings (SSSR count). The van der Waals surface area contributed by atoms with Gasteiger partial charge in [0.15, 0.2) is 0 Å². The van der Waals surface area contributed by atoms with Gasteiger partial charge in [0.2, 0.25) is 5.91 Å². The lowest BCUT2D eigenvalue weighted by atomic mass is 9.96. The molecule has 2 atom stereocenters. The number of aliphatic hydroxyl groups is 1. The normalized spacial score (nSPS) is 23.7. The van der Waals surface area contributed by atoms with Gasteiger partial charge in [-0.15, -0.1) is 0 Å². The van der Waals surface area contributed by atoms with E-state index in [1.54, 1.807) is 4.90 Å². The number of aryl methyl sites for hydroxylation is 1. The predicted molar refractivity (Wildman–Crippen MR) is 74.4 cm³/mol. The van der Waals surface area contributed by atoms with Crippen molar-refractivity contribution in [3.8, 4) is 0 Å². The van der Waals surface area contributed by atoms with Crippen LogP contribution in [0.5, 0.6) is 0 Å². The molecule has 6 heteroatoms. The van der Waals surface area contributed by atoms with Crippen molar-refractivity contribution in [1.82, 2.24) is 9.47 Å². The standard InChI is InChI=1S/C13H20N2O3S/c1-8-4-5-14(6-11(8)16)12(17)7-15-9(2)10(3)19-13(15)18/h8,11,16H,4-7H2,1-3H3. The highest BCUT2D eigenvalue weighted by atomic mass is 32.1. The van der Waals surface area contributed by atoms with E-state index in [4.69, 9.17) is 0 Å². The molecule has 2 heterocycles. The van der Waals surface area contributed by atoms with Crippen LogP contribution in [-0.4, -0.2) is 39.7 Å². The van der Waals surface area contributed by atoms with Crippen LogP contribution in [0, 0.1) is 19.8 Å². The third kappa shape index (κ3) is 2.90. The lowest BCUT2D eigenvalue weighted by Crippen LogP contribution is -2.47. The first-order valence-corrected chi connectivity index (χ1v) is 7.34. The van der Waals surface area contributed by atoms with Crippen molar-refractivity contribution in [2.45, 2.75) is 39.8 Å². The molecule has 0 spiro atoms. The molecule has 106 valence electrons. The van der Waals surface area contributed by atoms with E-state index in [2.05, 4.69) is 0 Å². The van der Waals surface area contributed by atoms with Crippen LogP contribution in [0.2, 0.25) is 0 Å². The van der Waals surface area contributed by atoms with E-state index >= 15 is 0 Å². The average molecular weight is 284 g/mol. The number of hydrogen-bond donors (Lipinski definition) is 1. The summed E-state index contributed by atoms with van der Waals surface area (Å²) in [6.07, 6.45) is 0.350. The fourth-order valence-electron chi connectivity index (χ4n) is 2.28. The van der Waals surface area contributed by atoms with Crippen LogP contribution in [0.3, 0.4) is 0 Å². The van der Waals surface area contributed by atoms with Gasteiger partial charge in [-0.3, -0.25) is 14.2 Å². The summed E-state index contributed by atoms with van der Waals surface area (Å²) in [7, 11) is 0. The van der Waals surface area contributed by atoms with E-state index in [9.17, 15) is 14.7 Å². The zero-order valence-corrected chi connectivity index (χ0v) is 12.4. The molecule has 0 bridgehead atoms. The van der Waals surface area contributed by atoms with Crippen LogP contribution in [0.15, 0.2) is 4.79 Å². The summed E-state index contributed by atoms with van der Waals surface area (Å²) in [4.78, 5) is 26.5. The van der Waals surface area contributed by atoms with Crippen LogP contribution in [0.4, 0.5) is 0 Å². The summed E-state index contributed by atoms with van der Waals surface area (Å²) < 4.78 is 1.52. The summed E-state index contributed by atoms with van der Waals surface area (Å²) in [5.74, 6) is 0.144. The predicted octanol–water partition coefficient (Wildman–Crippen LogP) is 0.756. The second-order valence-corrected chi connectivity index (χ2v) is 6.43. The smallest absolute Gasteiger partial charge is 0.308 e. The van der Waals surface area contributed by atoms with Gasteiger partial charge in [0, 0.05) is 23.7 Å². The quantitative estimate of drug-likeness (QED) is 0.872. The van der Waals surface area contributed by atoms with E-state index < -0.39 is 6.10 Å². The van der Waals surface area contributed by atoms with E-state index in [1.165, 1.54) is 15.9 Å². The number of carbonyl (C=O) groups excluding carboxylic acids is 1. The molecule has 0 aromatic carbocycles. The summed E-state index contributed by atoms with van der Waals surface area (Å²) in [6.45, 7) is 6.84. The Hall–Kier alpha value is -1.14. The number of amides is 1. The Bertz CT molecular complexity index is 534. The lowest BCUT2D eigenvalue weighted by molar-refractivity contribution is -0.136. The summed E-state index contributed by atoms with van der Waals surface area (Å²) in [5, 5.41) is 9.82. The molecule has 1 aromatic heterocycles. The van der Waals surface area contributed by atoms with Crippen LogP contribution < -0.4 is 4.87 Å². The zero-order valence-electron chi connectivity index (χ0n) is 11.5. The van der Waals surface area contributed by atoms with E-state index in [0.29, 0.717) is 13.1 Å². The number of aromatic nitrogens is 1. The van der Waals surface area contributed by atoms with Gasteiger partial charge in [-0.25, -0.2) is 0 Å². The van der Waals surface area contributed by atoms with Gasteiger partial charge in [-0.1, -0.05) is 18.3 Å². The second kappa shape index (κ2) is 5.46. The average Bonchev–Trinajstić information content (AvgIpc) is 2.59. The van der Waals surface area contributed by atoms with Crippen molar-refractivity contribution >= 4 is 17.2 Å². The van der Waals surface area contributed by atoms with Crippen molar-refractivity contribution in [2.24, 2.45) is 5.92 Å². The molecule has 1 aromatic rings. The third-order valence-electron chi connectivity index (χ3n) is 3.94. The number of piperidine rings is 1. The zero-order chi connectivity index (χ0) is 14.2. The molecule has 1 N–H and O–H groups in total. The molecule has 5 nitrogen and oxygen atoms in total. The molecular formula is C13H20N2O3S. The van der Waals surface area contributed by atoms with Gasteiger partial charge in [0.25, 0.3) is 0 Å². The van der Waals surface area contributed by atoms with E-state index in [1.807, 2.05) is 20.8 Å². The number of likely N-dealkylation sites (tertiary alicyclic amines) is 1. The van der Waals surface area contributed by atoms with Crippen molar-refractivity contribution in [3.05, 3.63) is 20.2 Å². The summed E-state index contributed by atoms with van der Waals surface area (Å²) >= 11 is 1.17. The first kappa shape index (κ1) is 14.3. The molecule has 0 saturated carbocycles. The fourth-order valence-corrected chi connectivity index (χ4v) is 3.11. The molecule has 1 aliphatic heterocycles. The Morgan fingerprint density at radius 2 is 2.16 bits per heavy atom. The van der Waals surface area contributed by atoms with Gasteiger partial charge in [0.1, 0.15) is 6.54 Å². The van der Waals surface area contributed by atoms with Crippen molar-refractivity contribution < 1.29 is 9.90 Å². The number of thiazole rings is 1. The second-order valence-electron chi connectivity index (χ2n) is 5.27. The third-order valence-corrected chi connectivity index (χ3v) is 4.94. The van der Waals surface area contributed by atoms with Crippen LogP contribution in [0.25, 0.3) is 0 Å². The number of rotatable bonds is 2. The molecule has 2 unspecified atom stereocenters. The topological polar surface area (TPSA) is 62.5 Å². The number of carbonyl (C=O) groups is 1. The minimum Gasteiger partial charge on any atom is -0.391 e. The van der Waals surface area contributed by atoms with Crippen molar-refractivity contribution in [3.63, 3.8) is 0 Å². The largest absolute Gasteiger partial charge is 0.391 e. The van der Waals surface area contributed by atoms with E-state index in [0.717, 1.165) is 17.0 Å². The van der Waals surface area contributed by atoms with Gasteiger partial charge >= 0.3 is 4.87 Å². The number of β-amino-alcohol motifs (C(OH)–C–C–N with tert-alkyl or cyclic N) is 1. The Balaban J connectivity index is 2.07. The van der Waals surface area contributed by atoms with Crippen molar-refractivity contribution in [1.29, 1.82) is 0 Å². The maximum absolute atomic E-state index is 12.2. The van der Waals surface area contributed by atoms with Gasteiger partial charge in [-0.05, 0) is 26.2 Å². The molecule has 1 saturated heterocycles.